The van der Waals surface area contributed by atoms with E-state index in [4.69, 9.17) is 23.9 Å². The molecule has 0 aliphatic heterocycles. The highest BCUT2D eigenvalue weighted by molar-refractivity contribution is 5.79. The van der Waals surface area contributed by atoms with Crippen LogP contribution in [-0.4, -0.2) is 49.9 Å². The largest absolute Gasteiger partial charge is 0.497 e. The first-order valence-electron chi connectivity index (χ1n) is 13.3. The molecule has 4 rings (SSSR count). The number of rotatable bonds is 15. The molecule has 1 aromatic heterocycles. The van der Waals surface area contributed by atoms with E-state index in [0.29, 0.717) is 24.7 Å². The summed E-state index contributed by atoms with van der Waals surface area (Å²) in [6, 6.07) is 21.4. The van der Waals surface area contributed by atoms with Gasteiger partial charge >= 0.3 is 0 Å². The first kappa shape index (κ1) is 27.8. The van der Waals surface area contributed by atoms with E-state index in [1.165, 1.54) is 0 Å². The summed E-state index contributed by atoms with van der Waals surface area (Å²) in [4.78, 5) is 17.4. The van der Waals surface area contributed by atoms with Gasteiger partial charge in [0.1, 0.15) is 17.3 Å². The summed E-state index contributed by atoms with van der Waals surface area (Å²) in [6.07, 6.45) is 3.77. The number of carbonyl (C=O) groups is 1. The maximum absolute atomic E-state index is 12.5. The van der Waals surface area contributed by atoms with Crippen LogP contribution in [0.5, 0.6) is 23.0 Å². The van der Waals surface area contributed by atoms with Crippen molar-refractivity contribution in [2.45, 2.75) is 38.6 Å². The topological polar surface area (TPSA) is 83.8 Å². The Kier molecular flexibility index (Phi) is 10.1. The van der Waals surface area contributed by atoms with Crippen molar-refractivity contribution >= 4 is 16.9 Å². The molecule has 39 heavy (non-hydrogen) atoms. The lowest BCUT2D eigenvalue weighted by Gasteiger charge is -2.11. The minimum atomic E-state index is -0.0215. The van der Waals surface area contributed by atoms with Gasteiger partial charge in [-0.1, -0.05) is 24.3 Å². The van der Waals surface area contributed by atoms with Crippen molar-refractivity contribution in [2.24, 2.45) is 0 Å². The molecule has 0 aliphatic rings. The second kappa shape index (κ2) is 14.1. The van der Waals surface area contributed by atoms with Crippen molar-refractivity contribution in [1.29, 1.82) is 0 Å². The Morgan fingerprint density at radius 2 is 1.67 bits per heavy atom. The molecule has 0 spiro atoms. The molecule has 0 radical (unpaired) electrons. The number of ether oxygens (including phenoxy) is 4. The molecule has 206 valence electrons. The average molecular weight is 532 g/mol. The SMILES string of the molecule is COc1cccc(OCCCCn2c(CCCNC(=O)Cc3ccc(OC)c(OC)c3)nc3ccccc32)c1. The maximum Gasteiger partial charge on any atom is 0.224 e. The second-order valence-electron chi connectivity index (χ2n) is 9.22. The quantitative estimate of drug-likeness (QED) is 0.212. The molecule has 0 fully saturated rings. The zero-order chi connectivity index (χ0) is 27.5. The maximum atomic E-state index is 12.5. The lowest BCUT2D eigenvalue weighted by molar-refractivity contribution is -0.120. The van der Waals surface area contributed by atoms with Crippen LogP contribution in [-0.2, 0) is 24.2 Å². The van der Waals surface area contributed by atoms with Crippen LogP contribution in [0.1, 0.15) is 30.7 Å². The van der Waals surface area contributed by atoms with E-state index < -0.39 is 0 Å². The summed E-state index contributed by atoms with van der Waals surface area (Å²) >= 11 is 0. The monoisotopic (exact) mass is 531 g/mol. The number of aryl methyl sites for hydroxylation is 2. The van der Waals surface area contributed by atoms with E-state index in [0.717, 1.165) is 66.1 Å². The molecule has 1 N–H and O–H groups in total. The summed E-state index contributed by atoms with van der Waals surface area (Å²) in [5.74, 6) is 3.89. The van der Waals surface area contributed by atoms with Gasteiger partial charge in [-0.25, -0.2) is 4.98 Å². The molecule has 0 unspecified atom stereocenters. The molecule has 1 amide bonds. The third-order valence-electron chi connectivity index (χ3n) is 6.53. The number of para-hydroxylation sites is 2. The zero-order valence-corrected chi connectivity index (χ0v) is 22.9. The fourth-order valence-electron chi connectivity index (χ4n) is 4.53. The number of nitrogens with one attached hydrogen (secondary N) is 1. The predicted molar refractivity (Wildman–Crippen MR) is 152 cm³/mol. The standard InChI is InChI=1S/C31H37N3O5/c1-36-24-10-8-11-25(22-24)39-19-7-6-18-34-27-13-5-4-12-26(27)33-30(34)14-9-17-32-31(35)21-23-15-16-28(37-2)29(20-23)38-3/h4-5,8,10-13,15-16,20,22H,6-7,9,14,17-19,21H2,1-3H3,(H,32,35). The lowest BCUT2D eigenvalue weighted by atomic mass is 10.1. The zero-order valence-electron chi connectivity index (χ0n) is 22.9. The number of benzene rings is 3. The van der Waals surface area contributed by atoms with Crippen molar-refractivity contribution in [1.82, 2.24) is 14.9 Å². The van der Waals surface area contributed by atoms with Crippen LogP contribution in [0.3, 0.4) is 0 Å². The van der Waals surface area contributed by atoms with Crippen LogP contribution >= 0.6 is 0 Å². The molecule has 0 saturated carbocycles. The normalized spacial score (nSPS) is 10.8. The molecule has 0 saturated heterocycles. The Morgan fingerprint density at radius 3 is 2.49 bits per heavy atom. The van der Waals surface area contributed by atoms with Crippen LogP contribution in [0.25, 0.3) is 11.0 Å². The van der Waals surface area contributed by atoms with E-state index in [9.17, 15) is 4.79 Å². The molecular weight excluding hydrogens is 494 g/mol. The minimum Gasteiger partial charge on any atom is -0.497 e. The van der Waals surface area contributed by atoms with Crippen molar-refractivity contribution in [3.63, 3.8) is 0 Å². The van der Waals surface area contributed by atoms with Gasteiger partial charge in [-0.2, -0.15) is 0 Å². The number of unbranched alkanes of at least 4 members (excludes halogenated alkanes) is 1. The Hall–Kier alpha value is -4.20. The Balaban J connectivity index is 1.26. The molecule has 0 bridgehead atoms. The highest BCUT2D eigenvalue weighted by Gasteiger charge is 2.12. The number of hydrogen-bond donors (Lipinski definition) is 1. The number of carbonyl (C=O) groups excluding carboxylic acids is 1. The predicted octanol–water partition coefficient (Wildman–Crippen LogP) is 5.21. The van der Waals surface area contributed by atoms with E-state index in [2.05, 4.69) is 16.0 Å². The number of imidazole rings is 1. The van der Waals surface area contributed by atoms with Gasteiger partial charge in [-0.05, 0) is 61.2 Å². The van der Waals surface area contributed by atoms with Crippen molar-refractivity contribution in [3.8, 4) is 23.0 Å². The van der Waals surface area contributed by atoms with Crippen molar-refractivity contribution in [2.75, 3.05) is 34.5 Å². The molecule has 4 aromatic rings. The highest BCUT2D eigenvalue weighted by Crippen LogP contribution is 2.27. The molecule has 0 aliphatic carbocycles. The minimum absolute atomic E-state index is 0.0215. The molecular formula is C31H37N3O5. The van der Waals surface area contributed by atoms with Crippen molar-refractivity contribution < 1.29 is 23.7 Å². The average Bonchev–Trinajstić information content (AvgIpc) is 3.32. The number of hydrogen-bond acceptors (Lipinski definition) is 6. The molecule has 8 nitrogen and oxygen atoms in total. The third-order valence-corrected chi connectivity index (χ3v) is 6.53. The van der Waals surface area contributed by atoms with Gasteiger partial charge in [-0.3, -0.25) is 4.79 Å². The van der Waals surface area contributed by atoms with Crippen LogP contribution < -0.4 is 24.3 Å². The van der Waals surface area contributed by atoms with E-state index in [1.807, 2.05) is 60.7 Å². The van der Waals surface area contributed by atoms with Gasteiger partial charge < -0.3 is 28.8 Å². The Labute approximate surface area is 229 Å². The summed E-state index contributed by atoms with van der Waals surface area (Å²) in [5.41, 5.74) is 3.01. The van der Waals surface area contributed by atoms with Gasteiger partial charge in [0.05, 0.1) is 45.4 Å². The van der Waals surface area contributed by atoms with Crippen LogP contribution in [0.2, 0.25) is 0 Å². The lowest BCUT2D eigenvalue weighted by Crippen LogP contribution is -2.26. The van der Waals surface area contributed by atoms with Crippen LogP contribution in [0.4, 0.5) is 0 Å². The number of methoxy groups -OCH3 is 3. The Morgan fingerprint density at radius 1 is 0.846 bits per heavy atom. The molecule has 3 aromatic carbocycles. The molecule has 8 heteroatoms. The number of nitrogens with zero attached hydrogens (tertiary/aromatic N) is 2. The highest BCUT2D eigenvalue weighted by atomic mass is 16.5. The second-order valence-corrected chi connectivity index (χ2v) is 9.22. The fraction of sp³-hybridized carbons (Fsp3) is 0.355. The summed E-state index contributed by atoms with van der Waals surface area (Å²) in [6.45, 7) is 2.09. The first-order chi connectivity index (χ1) is 19.1. The number of aromatic nitrogens is 2. The summed E-state index contributed by atoms with van der Waals surface area (Å²) in [5, 5.41) is 3.03. The number of amides is 1. The third kappa shape index (κ3) is 7.66. The smallest absolute Gasteiger partial charge is 0.224 e. The van der Waals surface area contributed by atoms with Gasteiger partial charge in [0.25, 0.3) is 0 Å². The van der Waals surface area contributed by atoms with Gasteiger partial charge in [0.2, 0.25) is 5.91 Å². The van der Waals surface area contributed by atoms with E-state index in [-0.39, 0.29) is 12.3 Å². The van der Waals surface area contributed by atoms with Crippen LogP contribution in [0.15, 0.2) is 66.7 Å². The van der Waals surface area contributed by atoms with Gasteiger partial charge in [0.15, 0.2) is 11.5 Å². The molecule has 1 heterocycles. The fourth-order valence-corrected chi connectivity index (χ4v) is 4.53. The van der Waals surface area contributed by atoms with Gasteiger partial charge in [0, 0.05) is 25.6 Å². The molecule has 0 atom stereocenters. The van der Waals surface area contributed by atoms with E-state index >= 15 is 0 Å². The van der Waals surface area contributed by atoms with E-state index in [1.54, 1.807) is 21.3 Å². The Bertz CT molecular complexity index is 1370. The van der Waals surface area contributed by atoms with Gasteiger partial charge in [-0.15, -0.1) is 0 Å². The summed E-state index contributed by atoms with van der Waals surface area (Å²) in [7, 11) is 4.84. The number of fused-ring (bicyclic) bond motifs is 1. The first-order valence-corrected chi connectivity index (χ1v) is 13.3. The van der Waals surface area contributed by atoms with Crippen molar-refractivity contribution in [3.05, 3.63) is 78.1 Å². The summed E-state index contributed by atoms with van der Waals surface area (Å²) < 4.78 is 24.1. The van der Waals surface area contributed by atoms with Crippen LogP contribution in [0, 0.1) is 0 Å².